The van der Waals surface area contributed by atoms with Gasteiger partial charge >= 0.3 is 5.97 Å². The summed E-state index contributed by atoms with van der Waals surface area (Å²) in [7, 11) is 0. The van der Waals surface area contributed by atoms with Gasteiger partial charge in [0.1, 0.15) is 10.7 Å². The highest BCUT2D eigenvalue weighted by Gasteiger charge is 2.42. The Morgan fingerprint density at radius 2 is 1.97 bits per heavy atom. The fraction of sp³-hybridized carbons (Fsp3) is 0.429. The van der Waals surface area contributed by atoms with E-state index < -0.39 is 10.9 Å². The first kappa shape index (κ1) is 23.1. The summed E-state index contributed by atoms with van der Waals surface area (Å²) in [5.41, 5.74) is 1.03. The molecule has 1 aromatic carbocycles. The number of anilines is 2. The summed E-state index contributed by atoms with van der Waals surface area (Å²) in [6, 6.07) is 6.24. The predicted molar refractivity (Wildman–Crippen MR) is 127 cm³/mol. The minimum Gasteiger partial charge on any atom is -0.462 e. The Hall–Kier alpha value is -2.56. The van der Waals surface area contributed by atoms with Crippen LogP contribution in [0.3, 0.4) is 0 Å². The van der Waals surface area contributed by atoms with Crippen LogP contribution in [0.25, 0.3) is 0 Å². The van der Waals surface area contributed by atoms with Gasteiger partial charge in [0.2, 0.25) is 0 Å². The second-order valence-electron chi connectivity index (χ2n) is 8.50. The quantitative estimate of drug-likeness (QED) is 0.252. The van der Waals surface area contributed by atoms with Crippen LogP contribution in [0.4, 0.5) is 16.4 Å². The number of carbonyl (C=O) groups is 1. The van der Waals surface area contributed by atoms with Gasteiger partial charge in [0.15, 0.2) is 5.11 Å². The Morgan fingerprint density at radius 3 is 2.61 bits per heavy atom. The van der Waals surface area contributed by atoms with E-state index in [-0.39, 0.29) is 34.2 Å². The Bertz CT molecular complexity index is 1050. The molecule has 2 aromatic rings. The second-order valence-corrected chi connectivity index (χ2v) is 9.93. The molecule has 1 aliphatic heterocycles. The van der Waals surface area contributed by atoms with Crippen LogP contribution < -0.4 is 16.0 Å². The molecule has 1 aromatic heterocycles. The van der Waals surface area contributed by atoms with Crippen molar-refractivity contribution < 1.29 is 14.5 Å². The van der Waals surface area contributed by atoms with Crippen molar-refractivity contribution in [2.24, 2.45) is 0 Å². The highest BCUT2D eigenvalue weighted by atomic mass is 32.1. The molecule has 0 amide bonds. The lowest BCUT2D eigenvalue weighted by molar-refractivity contribution is -0.383. The molecule has 0 fully saturated rings. The number of carbonyl (C=O) groups excluding carboxylic acids is 1. The second kappa shape index (κ2) is 8.52. The standard InChI is InChI=1S/C21H26N4O4S2/c1-6-29-18(26)15-12-11-20(2,3)24-21(4,5)16(12)31-17(15)23-19(30)22-13-9-7-8-10-14(13)25(27)28/h7-10,24H,6,11H2,1-5H3,(H2,22,23,30). The molecule has 31 heavy (non-hydrogen) atoms. The number of hydrogen-bond donors (Lipinski definition) is 3. The summed E-state index contributed by atoms with van der Waals surface area (Å²) >= 11 is 6.85. The lowest BCUT2D eigenvalue weighted by atomic mass is 9.81. The molecule has 0 atom stereocenters. The van der Waals surface area contributed by atoms with E-state index in [4.69, 9.17) is 17.0 Å². The number of fused-ring (bicyclic) bond motifs is 1. The average Bonchev–Trinajstić information content (AvgIpc) is 2.99. The monoisotopic (exact) mass is 462 g/mol. The number of para-hydroxylation sites is 2. The Balaban J connectivity index is 1.98. The number of nitro groups is 1. The van der Waals surface area contributed by atoms with Gasteiger partial charge in [-0.2, -0.15) is 0 Å². The third-order valence-electron chi connectivity index (χ3n) is 4.90. The molecule has 2 heterocycles. The van der Waals surface area contributed by atoms with E-state index in [1.165, 1.54) is 17.4 Å². The molecule has 8 nitrogen and oxygen atoms in total. The van der Waals surface area contributed by atoms with Crippen molar-refractivity contribution in [3.63, 3.8) is 0 Å². The van der Waals surface area contributed by atoms with Gasteiger partial charge in [-0.15, -0.1) is 11.3 Å². The molecule has 166 valence electrons. The third-order valence-corrected chi connectivity index (χ3v) is 6.58. The largest absolute Gasteiger partial charge is 0.462 e. The number of esters is 1. The maximum Gasteiger partial charge on any atom is 0.341 e. The van der Waals surface area contributed by atoms with Gasteiger partial charge in [-0.3, -0.25) is 10.1 Å². The number of ether oxygens (including phenoxy) is 1. The van der Waals surface area contributed by atoms with E-state index in [9.17, 15) is 14.9 Å². The van der Waals surface area contributed by atoms with Gasteiger partial charge in [-0.05, 0) is 64.9 Å². The van der Waals surface area contributed by atoms with E-state index in [0.29, 0.717) is 17.0 Å². The number of thiocarbonyl (C=S) groups is 1. The maximum atomic E-state index is 12.9. The lowest BCUT2D eigenvalue weighted by Crippen LogP contribution is -2.55. The van der Waals surface area contributed by atoms with Crippen LogP contribution in [0.15, 0.2) is 24.3 Å². The molecule has 1 aliphatic rings. The highest BCUT2D eigenvalue weighted by Crippen LogP contribution is 2.45. The van der Waals surface area contributed by atoms with Crippen molar-refractivity contribution in [1.29, 1.82) is 0 Å². The first-order chi connectivity index (χ1) is 14.4. The molecule has 0 radical (unpaired) electrons. The summed E-state index contributed by atoms with van der Waals surface area (Å²) in [6.07, 6.45) is 0.655. The van der Waals surface area contributed by atoms with Gasteiger partial charge < -0.3 is 20.7 Å². The number of nitrogens with zero attached hydrogens (tertiary/aromatic N) is 1. The molecule has 3 N–H and O–H groups in total. The number of benzene rings is 1. The Labute approximate surface area is 190 Å². The van der Waals surface area contributed by atoms with E-state index in [1.54, 1.807) is 25.1 Å². The van der Waals surface area contributed by atoms with Crippen LogP contribution in [-0.2, 0) is 16.7 Å². The number of rotatable bonds is 5. The number of thiophene rings is 1. The van der Waals surface area contributed by atoms with E-state index in [1.807, 2.05) is 0 Å². The summed E-state index contributed by atoms with van der Waals surface area (Å²) < 4.78 is 5.33. The van der Waals surface area contributed by atoms with Crippen molar-refractivity contribution in [1.82, 2.24) is 5.32 Å². The Kier molecular flexibility index (Phi) is 6.35. The van der Waals surface area contributed by atoms with Gasteiger partial charge in [0.05, 0.1) is 17.1 Å². The van der Waals surface area contributed by atoms with Crippen LogP contribution in [0, 0.1) is 10.1 Å². The van der Waals surface area contributed by atoms with Crippen LogP contribution >= 0.6 is 23.6 Å². The molecule has 0 saturated carbocycles. The first-order valence-corrected chi connectivity index (χ1v) is 11.1. The van der Waals surface area contributed by atoms with Gasteiger partial charge in [0.25, 0.3) is 5.69 Å². The lowest BCUT2D eigenvalue weighted by Gasteiger charge is -2.42. The summed E-state index contributed by atoms with van der Waals surface area (Å²) in [5, 5.41) is 21.6. The fourth-order valence-electron chi connectivity index (χ4n) is 4.03. The molecule has 0 bridgehead atoms. The van der Waals surface area contributed by atoms with Crippen molar-refractivity contribution in [2.75, 3.05) is 17.2 Å². The smallest absolute Gasteiger partial charge is 0.341 e. The van der Waals surface area contributed by atoms with Crippen molar-refractivity contribution >= 4 is 51.0 Å². The number of hydrogen-bond acceptors (Lipinski definition) is 7. The highest BCUT2D eigenvalue weighted by molar-refractivity contribution is 7.80. The van der Waals surface area contributed by atoms with Gasteiger partial charge in [0, 0.05) is 22.0 Å². The first-order valence-electron chi connectivity index (χ1n) is 9.89. The summed E-state index contributed by atoms with van der Waals surface area (Å²) in [6.45, 7) is 10.4. The zero-order valence-corrected chi connectivity index (χ0v) is 19.8. The van der Waals surface area contributed by atoms with E-state index in [0.717, 1.165) is 10.4 Å². The normalized spacial score (nSPS) is 16.2. The molecule has 3 rings (SSSR count). The maximum absolute atomic E-state index is 12.9. The van der Waals surface area contributed by atoms with Crippen LogP contribution in [0.5, 0.6) is 0 Å². The summed E-state index contributed by atoms with van der Waals surface area (Å²) in [4.78, 5) is 24.7. The molecule has 0 unspecified atom stereocenters. The third kappa shape index (κ3) is 4.86. The molecule has 0 aliphatic carbocycles. The minimum atomic E-state index is -0.477. The molecule has 10 heteroatoms. The van der Waals surface area contributed by atoms with Crippen LogP contribution in [0.2, 0.25) is 0 Å². The minimum absolute atomic E-state index is 0.0881. The predicted octanol–water partition coefficient (Wildman–Crippen LogP) is 4.80. The SMILES string of the molecule is CCOC(=O)c1c(NC(=S)Nc2ccccc2[N+](=O)[O-])sc2c1CC(C)(C)NC2(C)C. The van der Waals surface area contributed by atoms with Gasteiger partial charge in [-0.25, -0.2) is 4.79 Å². The molecular weight excluding hydrogens is 436 g/mol. The van der Waals surface area contributed by atoms with Crippen molar-refractivity contribution in [3.8, 4) is 0 Å². The van der Waals surface area contributed by atoms with Gasteiger partial charge in [-0.1, -0.05) is 12.1 Å². The zero-order chi connectivity index (χ0) is 23.0. The van der Waals surface area contributed by atoms with Crippen molar-refractivity contribution in [3.05, 3.63) is 50.4 Å². The number of nitro benzene ring substituents is 1. The van der Waals surface area contributed by atoms with Crippen molar-refractivity contribution in [2.45, 2.75) is 52.1 Å². The number of nitrogens with one attached hydrogen (secondary N) is 3. The topological polar surface area (TPSA) is 106 Å². The average molecular weight is 463 g/mol. The van der Waals surface area contributed by atoms with Crippen LogP contribution in [-0.4, -0.2) is 28.2 Å². The molecular formula is C21H26N4O4S2. The van der Waals surface area contributed by atoms with E-state index >= 15 is 0 Å². The van der Waals surface area contributed by atoms with E-state index in [2.05, 4.69) is 43.6 Å². The summed E-state index contributed by atoms with van der Waals surface area (Å²) in [5.74, 6) is -0.413. The Morgan fingerprint density at radius 1 is 1.29 bits per heavy atom. The molecule has 0 saturated heterocycles. The van der Waals surface area contributed by atoms with Crippen LogP contribution in [0.1, 0.15) is 55.4 Å². The fourth-order valence-corrected chi connectivity index (χ4v) is 5.58. The zero-order valence-electron chi connectivity index (χ0n) is 18.1. The molecule has 0 spiro atoms.